The number of terminal acetylenes is 1. The summed E-state index contributed by atoms with van der Waals surface area (Å²) in [6, 6.07) is 3.83. The van der Waals surface area contributed by atoms with Crippen molar-refractivity contribution in [2.45, 2.75) is 25.8 Å². The average molecular weight is 247 g/mol. The zero-order valence-electron chi connectivity index (χ0n) is 10.4. The van der Waals surface area contributed by atoms with Crippen molar-refractivity contribution < 1.29 is 14.2 Å². The van der Waals surface area contributed by atoms with Crippen molar-refractivity contribution in [3.8, 4) is 29.6 Å². The molecule has 4 nitrogen and oxygen atoms in total. The molecule has 0 aromatic heterocycles. The summed E-state index contributed by atoms with van der Waals surface area (Å²) >= 11 is 0. The lowest BCUT2D eigenvalue weighted by Crippen LogP contribution is -2.18. The molecule has 0 radical (unpaired) electrons. The molecule has 1 heterocycles. The van der Waals surface area contributed by atoms with Gasteiger partial charge in [-0.3, -0.25) is 0 Å². The molecule has 2 rings (SSSR count). The van der Waals surface area contributed by atoms with Gasteiger partial charge in [0.05, 0.1) is 6.61 Å². The maximum atomic E-state index is 5.83. The molecule has 4 heteroatoms. The lowest BCUT2D eigenvalue weighted by atomic mass is 10.1. The monoisotopic (exact) mass is 247 g/mol. The maximum absolute atomic E-state index is 5.83. The van der Waals surface area contributed by atoms with Gasteiger partial charge in [-0.25, -0.2) is 0 Å². The van der Waals surface area contributed by atoms with Crippen molar-refractivity contribution in [2.24, 2.45) is 5.73 Å². The topological polar surface area (TPSA) is 53.7 Å². The van der Waals surface area contributed by atoms with Gasteiger partial charge in [-0.05, 0) is 25.0 Å². The van der Waals surface area contributed by atoms with Crippen LogP contribution in [-0.4, -0.2) is 19.4 Å². The molecule has 0 amide bonds. The summed E-state index contributed by atoms with van der Waals surface area (Å²) in [4.78, 5) is 0. The number of ether oxygens (including phenoxy) is 3. The lowest BCUT2D eigenvalue weighted by Gasteiger charge is -2.13. The van der Waals surface area contributed by atoms with E-state index in [0.29, 0.717) is 18.8 Å². The van der Waals surface area contributed by atoms with E-state index in [1.54, 1.807) is 0 Å². The minimum Gasteiger partial charge on any atom is -0.492 e. The van der Waals surface area contributed by atoms with Crippen LogP contribution in [0.5, 0.6) is 17.2 Å². The molecule has 1 aliphatic rings. The van der Waals surface area contributed by atoms with Gasteiger partial charge in [0.1, 0.15) is 5.75 Å². The third kappa shape index (κ3) is 2.88. The fourth-order valence-corrected chi connectivity index (χ4v) is 1.83. The molecule has 0 saturated heterocycles. The molecule has 18 heavy (non-hydrogen) atoms. The molecule has 0 bridgehead atoms. The number of benzene rings is 1. The molecule has 0 spiro atoms. The van der Waals surface area contributed by atoms with Gasteiger partial charge >= 0.3 is 0 Å². The zero-order chi connectivity index (χ0) is 13.0. The molecule has 1 unspecified atom stereocenters. The van der Waals surface area contributed by atoms with Crippen LogP contribution in [0.25, 0.3) is 0 Å². The fraction of sp³-hybridized carbons (Fsp3) is 0.429. The highest BCUT2D eigenvalue weighted by molar-refractivity contribution is 5.52. The normalized spacial score (nSPS) is 14.1. The summed E-state index contributed by atoms with van der Waals surface area (Å²) < 4.78 is 16.4. The van der Waals surface area contributed by atoms with Crippen LogP contribution in [0.3, 0.4) is 0 Å². The van der Waals surface area contributed by atoms with Gasteiger partial charge in [0.15, 0.2) is 11.5 Å². The van der Waals surface area contributed by atoms with E-state index in [0.717, 1.165) is 23.5 Å². The first-order valence-electron chi connectivity index (χ1n) is 5.95. The van der Waals surface area contributed by atoms with Crippen molar-refractivity contribution >= 4 is 0 Å². The lowest BCUT2D eigenvalue weighted by molar-refractivity contribution is 0.173. The Labute approximate surface area is 107 Å². The molecule has 2 N–H and O–H groups in total. The van der Waals surface area contributed by atoms with Crippen LogP contribution in [0, 0.1) is 12.3 Å². The minimum absolute atomic E-state index is 0.0559. The third-order valence-electron chi connectivity index (χ3n) is 2.60. The Morgan fingerprint density at radius 1 is 1.44 bits per heavy atom. The van der Waals surface area contributed by atoms with Gasteiger partial charge in [0.25, 0.3) is 0 Å². The van der Waals surface area contributed by atoms with E-state index in [1.807, 2.05) is 19.1 Å². The third-order valence-corrected chi connectivity index (χ3v) is 2.60. The number of nitrogens with two attached hydrogens (primary N) is 1. The second kappa shape index (κ2) is 5.65. The van der Waals surface area contributed by atoms with Gasteiger partial charge in [-0.2, -0.15) is 0 Å². The van der Waals surface area contributed by atoms with Gasteiger partial charge in [-0.1, -0.05) is 0 Å². The first-order chi connectivity index (χ1) is 8.70. The molecule has 1 aromatic carbocycles. The summed E-state index contributed by atoms with van der Waals surface area (Å²) in [6.07, 6.45) is 6.51. The Balaban J connectivity index is 2.21. The van der Waals surface area contributed by atoms with Crippen LogP contribution >= 0.6 is 0 Å². The largest absolute Gasteiger partial charge is 0.492 e. The van der Waals surface area contributed by atoms with E-state index in [4.69, 9.17) is 26.4 Å². The van der Waals surface area contributed by atoms with Crippen LogP contribution in [0.15, 0.2) is 12.1 Å². The standard InChI is InChI=1S/C14H17NO3/c1-3-4-5-16-12-8-14-13(17-9-18-14)7-11(12)6-10(2)15/h1,7-8,10H,4-6,9,15H2,2H3. The van der Waals surface area contributed by atoms with Crippen molar-refractivity contribution in [3.63, 3.8) is 0 Å². The highest BCUT2D eigenvalue weighted by atomic mass is 16.7. The van der Waals surface area contributed by atoms with Crippen LogP contribution in [-0.2, 0) is 6.42 Å². The first kappa shape index (κ1) is 12.6. The second-order valence-corrected chi connectivity index (χ2v) is 4.30. The summed E-state index contributed by atoms with van der Waals surface area (Å²) in [5, 5.41) is 0. The highest BCUT2D eigenvalue weighted by Gasteiger charge is 2.18. The van der Waals surface area contributed by atoms with Crippen molar-refractivity contribution in [2.75, 3.05) is 13.4 Å². The number of hydrogen-bond acceptors (Lipinski definition) is 4. The molecular formula is C14H17NO3. The SMILES string of the molecule is C#CCCOc1cc2c(cc1CC(C)N)OCO2. The number of rotatable bonds is 5. The minimum atomic E-state index is 0.0559. The summed E-state index contributed by atoms with van der Waals surface area (Å²) in [5.41, 5.74) is 6.85. The fourth-order valence-electron chi connectivity index (χ4n) is 1.83. The summed E-state index contributed by atoms with van der Waals surface area (Å²) in [7, 11) is 0. The summed E-state index contributed by atoms with van der Waals surface area (Å²) in [5.74, 6) is 4.77. The molecule has 1 aromatic rings. The Morgan fingerprint density at radius 2 is 2.17 bits per heavy atom. The van der Waals surface area contributed by atoms with Gasteiger partial charge in [0.2, 0.25) is 6.79 Å². The Morgan fingerprint density at radius 3 is 2.83 bits per heavy atom. The van der Waals surface area contributed by atoms with E-state index in [2.05, 4.69) is 5.92 Å². The Hall–Kier alpha value is -1.86. The molecular weight excluding hydrogens is 230 g/mol. The highest BCUT2D eigenvalue weighted by Crippen LogP contribution is 2.38. The Kier molecular flexibility index (Phi) is 3.96. The molecule has 0 saturated carbocycles. The van der Waals surface area contributed by atoms with Crippen LogP contribution in [0.2, 0.25) is 0 Å². The van der Waals surface area contributed by atoms with E-state index in [1.165, 1.54) is 0 Å². The number of fused-ring (bicyclic) bond motifs is 1. The van der Waals surface area contributed by atoms with Crippen LogP contribution in [0.1, 0.15) is 18.9 Å². The quantitative estimate of drug-likeness (QED) is 0.635. The predicted octanol–water partition coefficient (Wildman–Crippen LogP) is 1.71. The van der Waals surface area contributed by atoms with E-state index in [9.17, 15) is 0 Å². The van der Waals surface area contributed by atoms with Gasteiger partial charge in [0, 0.05) is 18.5 Å². The van der Waals surface area contributed by atoms with Crippen LogP contribution < -0.4 is 19.9 Å². The summed E-state index contributed by atoms with van der Waals surface area (Å²) in [6.45, 7) is 2.69. The maximum Gasteiger partial charge on any atom is 0.231 e. The van der Waals surface area contributed by atoms with Crippen molar-refractivity contribution in [1.29, 1.82) is 0 Å². The van der Waals surface area contributed by atoms with E-state index >= 15 is 0 Å². The molecule has 0 fully saturated rings. The molecule has 1 atom stereocenters. The average Bonchev–Trinajstić information content (AvgIpc) is 2.75. The van der Waals surface area contributed by atoms with Crippen LogP contribution in [0.4, 0.5) is 0 Å². The first-order valence-corrected chi connectivity index (χ1v) is 5.95. The van der Waals surface area contributed by atoms with E-state index < -0.39 is 0 Å². The van der Waals surface area contributed by atoms with Crippen molar-refractivity contribution in [1.82, 2.24) is 0 Å². The van der Waals surface area contributed by atoms with Gasteiger partial charge < -0.3 is 19.9 Å². The molecule has 96 valence electrons. The zero-order valence-corrected chi connectivity index (χ0v) is 10.4. The molecule has 0 aliphatic carbocycles. The van der Waals surface area contributed by atoms with Crippen molar-refractivity contribution in [3.05, 3.63) is 17.7 Å². The molecule has 1 aliphatic heterocycles. The smallest absolute Gasteiger partial charge is 0.231 e. The van der Waals surface area contributed by atoms with E-state index in [-0.39, 0.29) is 12.8 Å². The Bertz CT molecular complexity index is 463. The van der Waals surface area contributed by atoms with Gasteiger partial charge in [-0.15, -0.1) is 12.3 Å². The predicted molar refractivity (Wildman–Crippen MR) is 68.9 cm³/mol. The number of hydrogen-bond donors (Lipinski definition) is 1. The second-order valence-electron chi connectivity index (χ2n) is 4.30.